The van der Waals surface area contributed by atoms with Gasteiger partial charge in [-0.05, 0) is 49.8 Å². The maximum atomic E-state index is 13.5. The Kier molecular flexibility index (Phi) is 6.87. The van der Waals surface area contributed by atoms with E-state index in [1.807, 2.05) is 43.3 Å². The summed E-state index contributed by atoms with van der Waals surface area (Å²) in [6, 6.07) is 7.47. The van der Waals surface area contributed by atoms with Crippen molar-refractivity contribution in [1.82, 2.24) is 24.6 Å². The second-order valence-electron chi connectivity index (χ2n) is 9.83. The van der Waals surface area contributed by atoms with Gasteiger partial charge in [0.25, 0.3) is 0 Å². The monoisotopic (exact) mass is 532 g/mol. The first-order valence-corrected chi connectivity index (χ1v) is 12.7. The highest BCUT2D eigenvalue weighted by molar-refractivity contribution is 6.30. The van der Waals surface area contributed by atoms with Crippen LogP contribution >= 0.6 is 11.6 Å². The molecular formula is C26H28ClF3N6O. The number of halogens is 4. The molecule has 2 aromatic heterocycles. The number of carbonyl (C=O) groups excluding carboxylic acids is 1. The molecule has 1 aliphatic heterocycles. The van der Waals surface area contributed by atoms with Crippen LogP contribution in [-0.4, -0.2) is 57.7 Å². The molecule has 0 bridgehead atoms. The van der Waals surface area contributed by atoms with E-state index in [1.165, 1.54) is 4.68 Å². The number of anilines is 1. The number of hydrogen-bond acceptors (Lipinski definition) is 5. The molecule has 5 rings (SSSR count). The van der Waals surface area contributed by atoms with Gasteiger partial charge in [-0.1, -0.05) is 23.7 Å². The SMILES string of the molecule is CN(C)c1ncc(-c2ccc(Cl)cc2)c(C2CCCN(C(=O)Cn3nc(C(F)(F)F)c4c3CCC4)C2)n1. The van der Waals surface area contributed by atoms with Crippen LogP contribution in [0.25, 0.3) is 11.1 Å². The van der Waals surface area contributed by atoms with Crippen LogP contribution in [0.1, 0.15) is 47.8 Å². The molecule has 1 aromatic carbocycles. The van der Waals surface area contributed by atoms with E-state index < -0.39 is 11.9 Å². The summed E-state index contributed by atoms with van der Waals surface area (Å²) in [6.07, 6.45) is 0.381. The number of hydrogen-bond donors (Lipinski definition) is 0. The Bertz CT molecular complexity index is 1300. The number of aromatic nitrogens is 4. The van der Waals surface area contributed by atoms with Crippen molar-refractivity contribution in [3.63, 3.8) is 0 Å². The van der Waals surface area contributed by atoms with E-state index >= 15 is 0 Å². The lowest BCUT2D eigenvalue weighted by atomic mass is 9.90. The van der Waals surface area contributed by atoms with Crippen molar-refractivity contribution in [1.29, 1.82) is 0 Å². The molecule has 7 nitrogen and oxygen atoms in total. The van der Waals surface area contributed by atoms with Crippen molar-refractivity contribution < 1.29 is 18.0 Å². The lowest BCUT2D eigenvalue weighted by molar-refractivity contribution is -0.142. The molecule has 1 aliphatic carbocycles. The number of amides is 1. The van der Waals surface area contributed by atoms with Crippen molar-refractivity contribution in [3.8, 4) is 11.1 Å². The van der Waals surface area contributed by atoms with Gasteiger partial charge >= 0.3 is 6.18 Å². The summed E-state index contributed by atoms with van der Waals surface area (Å²) >= 11 is 6.08. The lowest BCUT2D eigenvalue weighted by Gasteiger charge is -2.33. The molecule has 1 fully saturated rings. The molecule has 0 radical (unpaired) electrons. The standard InChI is InChI=1S/C26H28ClF3N6O/c1-34(2)25-31-13-20(16-8-10-18(27)11-9-16)23(32-25)17-5-4-12-35(14-17)22(37)15-36-21-7-3-6-19(21)24(33-36)26(28,29)30/h8-11,13,17H,3-7,12,14-15H2,1-2H3. The minimum atomic E-state index is -4.52. The van der Waals surface area contributed by atoms with Gasteiger partial charge in [0.15, 0.2) is 5.69 Å². The molecule has 37 heavy (non-hydrogen) atoms. The fourth-order valence-corrected chi connectivity index (χ4v) is 5.41. The van der Waals surface area contributed by atoms with Crippen LogP contribution < -0.4 is 4.90 Å². The van der Waals surface area contributed by atoms with Crippen LogP contribution in [0.2, 0.25) is 5.02 Å². The number of alkyl halides is 3. The van der Waals surface area contributed by atoms with Crippen molar-refractivity contribution in [3.05, 3.63) is 58.1 Å². The average molecular weight is 533 g/mol. The van der Waals surface area contributed by atoms with Gasteiger partial charge in [0.05, 0.1) is 5.69 Å². The summed E-state index contributed by atoms with van der Waals surface area (Å²) < 4.78 is 41.7. The largest absolute Gasteiger partial charge is 0.435 e. The number of benzene rings is 1. The zero-order valence-electron chi connectivity index (χ0n) is 20.7. The van der Waals surface area contributed by atoms with Crippen LogP contribution in [0.4, 0.5) is 19.1 Å². The topological polar surface area (TPSA) is 67.2 Å². The van der Waals surface area contributed by atoms with Gasteiger partial charge in [0.1, 0.15) is 6.54 Å². The number of carbonyl (C=O) groups is 1. The molecule has 0 N–H and O–H groups in total. The molecule has 1 saturated heterocycles. The first-order chi connectivity index (χ1) is 17.6. The summed E-state index contributed by atoms with van der Waals surface area (Å²) in [6.45, 7) is 0.785. The van der Waals surface area contributed by atoms with E-state index in [1.54, 1.807) is 11.1 Å². The molecule has 3 aromatic rings. The van der Waals surface area contributed by atoms with Crippen molar-refractivity contribution in [2.45, 2.75) is 50.7 Å². The zero-order valence-corrected chi connectivity index (χ0v) is 21.5. The van der Waals surface area contributed by atoms with Crippen molar-refractivity contribution >= 4 is 23.5 Å². The fraction of sp³-hybridized carbons (Fsp3) is 0.462. The Hall–Kier alpha value is -3.14. The Morgan fingerprint density at radius 2 is 1.92 bits per heavy atom. The van der Waals surface area contributed by atoms with E-state index in [0.29, 0.717) is 49.0 Å². The number of piperidine rings is 1. The number of likely N-dealkylation sites (tertiary alicyclic amines) is 1. The highest BCUT2D eigenvalue weighted by atomic mass is 35.5. The third kappa shape index (κ3) is 5.16. The second-order valence-corrected chi connectivity index (χ2v) is 10.3. The summed E-state index contributed by atoms with van der Waals surface area (Å²) in [4.78, 5) is 26.2. The minimum Gasteiger partial charge on any atom is -0.347 e. The van der Waals surface area contributed by atoms with Crippen LogP contribution in [0.3, 0.4) is 0 Å². The van der Waals surface area contributed by atoms with Gasteiger partial charge in [-0.3, -0.25) is 9.48 Å². The van der Waals surface area contributed by atoms with Gasteiger partial charge < -0.3 is 9.80 Å². The zero-order chi connectivity index (χ0) is 26.3. The normalized spacial score (nSPS) is 17.7. The third-order valence-corrected chi connectivity index (χ3v) is 7.33. The van der Waals surface area contributed by atoms with Gasteiger partial charge in [0, 0.05) is 61.1 Å². The molecule has 11 heteroatoms. The van der Waals surface area contributed by atoms with Crippen LogP contribution in [0.5, 0.6) is 0 Å². The molecule has 1 atom stereocenters. The number of rotatable bonds is 5. The van der Waals surface area contributed by atoms with Gasteiger partial charge in [-0.2, -0.15) is 18.3 Å². The molecule has 2 aliphatic rings. The predicted molar refractivity (Wildman–Crippen MR) is 135 cm³/mol. The Morgan fingerprint density at radius 1 is 1.16 bits per heavy atom. The smallest absolute Gasteiger partial charge is 0.347 e. The average Bonchev–Trinajstić information content (AvgIpc) is 3.48. The summed E-state index contributed by atoms with van der Waals surface area (Å²) in [5, 5.41) is 4.44. The van der Waals surface area contributed by atoms with Gasteiger partial charge in [0.2, 0.25) is 11.9 Å². The van der Waals surface area contributed by atoms with Crippen LogP contribution in [0.15, 0.2) is 30.5 Å². The van der Waals surface area contributed by atoms with Crippen molar-refractivity contribution in [2.24, 2.45) is 0 Å². The molecule has 0 spiro atoms. The van der Waals surface area contributed by atoms with E-state index in [9.17, 15) is 18.0 Å². The molecule has 196 valence electrons. The summed E-state index contributed by atoms with van der Waals surface area (Å²) in [5.74, 6) is 0.299. The van der Waals surface area contributed by atoms with Gasteiger partial charge in [-0.25, -0.2) is 9.97 Å². The number of fused-ring (bicyclic) bond motifs is 1. The minimum absolute atomic E-state index is 0.0425. The van der Waals surface area contributed by atoms with E-state index in [2.05, 4.69) is 10.1 Å². The fourth-order valence-electron chi connectivity index (χ4n) is 5.29. The first-order valence-electron chi connectivity index (χ1n) is 12.4. The summed E-state index contributed by atoms with van der Waals surface area (Å²) in [5.41, 5.74) is 2.57. The van der Waals surface area contributed by atoms with Crippen molar-refractivity contribution in [2.75, 3.05) is 32.1 Å². The molecule has 3 heterocycles. The predicted octanol–water partition coefficient (Wildman–Crippen LogP) is 4.97. The first kappa shape index (κ1) is 25.5. The van der Waals surface area contributed by atoms with Gasteiger partial charge in [-0.15, -0.1) is 0 Å². The van der Waals surface area contributed by atoms with Crippen LogP contribution in [0, 0.1) is 0 Å². The Balaban J connectivity index is 1.40. The highest BCUT2D eigenvalue weighted by Gasteiger charge is 2.40. The van der Waals surface area contributed by atoms with E-state index in [0.717, 1.165) is 29.7 Å². The molecule has 0 saturated carbocycles. The Morgan fingerprint density at radius 3 is 2.62 bits per heavy atom. The third-order valence-electron chi connectivity index (χ3n) is 7.08. The second kappa shape index (κ2) is 9.96. The maximum Gasteiger partial charge on any atom is 0.435 e. The quantitative estimate of drug-likeness (QED) is 0.464. The van der Waals surface area contributed by atoms with E-state index in [-0.39, 0.29) is 23.9 Å². The lowest BCUT2D eigenvalue weighted by Crippen LogP contribution is -2.41. The molecule has 1 unspecified atom stereocenters. The highest BCUT2D eigenvalue weighted by Crippen LogP contribution is 2.37. The number of nitrogens with zero attached hydrogens (tertiary/aromatic N) is 6. The Labute approximate surface area is 218 Å². The van der Waals surface area contributed by atoms with E-state index in [4.69, 9.17) is 16.6 Å². The molecular weight excluding hydrogens is 505 g/mol. The summed E-state index contributed by atoms with van der Waals surface area (Å²) in [7, 11) is 3.74. The van der Waals surface area contributed by atoms with Crippen LogP contribution in [-0.2, 0) is 30.4 Å². The maximum absolute atomic E-state index is 13.5. The molecule has 1 amide bonds.